The summed E-state index contributed by atoms with van der Waals surface area (Å²) in [5.74, 6) is 1.37. The molecule has 2 saturated carbocycles. The second kappa shape index (κ2) is 7.79. The van der Waals surface area contributed by atoms with E-state index in [4.69, 9.17) is 9.47 Å². The molecule has 28 heavy (non-hydrogen) atoms. The SMILES string of the molecule is COCCC(=O)N[C@H]1C(C)(C)[C@@H]2C[C@@H]3[C@@H](CCc4ccccc4)OCC[C@@]31C2. The molecule has 2 bridgehead atoms. The molecule has 1 N–H and O–H groups in total. The summed E-state index contributed by atoms with van der Waals surface area (Å²) < 4.78 is 11.4. The molecule has 1 amide bonds. The Morgan fingerprint density at radius 3 is 2.82 bits per heavy atom. The number of amides is 1. The molecule has 1 aromatic rings. The van der Waals surface area contributed by atoms with E-state index in [1.54, 1.807) is 7.11 Å². The molecule has 1 aromatic carbocycles. The van der Waals surface area contributed by atoms with Crippen LogP contribution in [0.25, 0.3) is 0 Å². The number of rotatable bonds is 7. The molecule has 4 heteroatoms. The molecule has 0 unspecified atom stereocenters. The summed E-state index contributed by atoms with van der Waals surface area (Å²) in [6, 6.07) is 11.0. The van der Waals surface area contributed by atoms with Crippen LogP contribution in [0.4, 0.5) is 0 Å². The molecule has 1 spiro atoms. The largest absolute Gasteiger partial charge is 0.384 e. The number of carbonyl (C=O) groups excluding carboxylic acids is 1. The first-order chi connectivity index (χ1) is 13.5. The molecule has 4 nitrogen and oxygen atoms in total. The number of ether oxygens (including phenoxy) is 2. The number of nitrogens with one attached hydrogen (secondary N) is 1. The van der Waals surface area contributed by atoms with Crippen LogP contribution in [-0.4, -0.2) is 38.4 Å². The minimum absolute atomic E-state index is 0.132. The van der Waals surface area contributed by atoms with E-state index in [9.17, 15) is 4.79 Å². The van der Waals surface area contributed by atoms with Crippen LogP contribution in [-0.2, 0) is 20.7 Å². The standard InChI is InChI=1S/C24H35NO3/c1-23(2)18-15-19-20(10-9-17-7-5-4-6-8-17)28-14-12-24(19,16-18)22(23)25-21(26)11-13-27-3/h4-8,18-20,22H,9-16H2,1-3H3,(H,25,26)/t18-,19-,20-,22+,24-/m1/s1. The van der Waals surface area contributed by atoms with E-state index in [1.807, 2.05) is 0 Å². The van der Waals surface area contributed by atoms with Gasteiger partial charge in [0, 0.05) is 26.2 Å². The van der Waals surface area contributed by atoms with E-state index in [0.29, 0.717) is 31.0 Å². The molecule has 3 fully saturated rings. The fourth-order valence-electron chi connectivity index (χ4n) is 6.58. The van der Waals surface area contributed by atoms with Crippen molar-refractivity contribution >= 4 is 5.91 Å². The van der Waals surface area contributed by atoms with Gasteiger partial charge in [0.15, 0.2) is 0 Å². The number of hydrogen-bond acceptors (Lipinski definition) is 3. The molecule has 1 heterocycles. The Morgan fingerprint density at radius 1 is 1.29 bits per heavy atom. The monoisotopic (exact) mass is 385 g/mol. The number of benzene rings is 1. The van der Waals surface area contributed by atoms with Crippen molar-refractivity contribution < 1.29 is 14.3 Å². The van der Waals surface area contributed by atoms with Crippen LogP contribution in [0.1, 0.15) is 51.5 Å². The van der Waals surface area contributed by atoms with Crippen LogP contribution in [0.15, 0.2) is 30.3 Å². The lowest BCUT2D eigenvalue weighted by atomic mass is 9.59. The second-order valence-electron chi connectivity index (χ2n) is 9.72. The highest BCUT2D eigenvalue weighted by atomic mass is 16.5. The first-order valence-electron chi connectivity index (χ1n) is 10.9. The van der Waals surface area contributed by atoms with Gasteiger partial charge in [-0.3, -0.25) is 4.79 Å². The Morgan fingerprint density at radius 2 is 2.07 bits per heavy atom. The van der Waals surface area contributed by atoms with Crippen molar-refractivity contribution in [2.75, 3.05) is 20.3 Å². The van der Waals surface area contributed by atoms with Gasteiger partial charge in [0.25, 0.3) is 0 Å². The maximum atomic E-state index is 12.6. The molecule has 4 rings (SSSR count). The fourth-order valence-corrected chi connectivity index (χ4v) is 6.58. The normalized spacial score (nSPS) is 35.5. The van der Waals surface area contributed by atoms with Gasteiger partial charge in [0.05, 0.1) is 12.7 Å². The molecular weight excluding hydrogens is 350 g/mol. The van der Waals surface area contributed by atoms with E-state index < -0.39 is 0 Å². The summed E-state index contributed by atoms with van der Waals surface area (Å²) in [5, 5.41) is 3.45. The van der Waals surface area contributed by atoms with Crippen LogP contribution < -0.4 is 5.32 Å². The number of hydrogen-bond donors (Lipinski definition) is 1. The zero-order chi connectivity index (χ0) is 19.8. The molecule has 5 atom stereocenters. The Balaban J connectivity index is 1.49. The maximum Gasteiger partial charge on any atom is 0.222 e. The van der Waals surface area contributed by atoms with Gasteiger partial charge in [-0.2, -0.15) is 0 Å². The van der Waals surface area contributed by atoms with Gasteiger partial charge in [-0.05, 0) is 60.3 Å². The first-order valence-corrected chi connectivity index (χ1v) is 10.9. The van der Waals surface area contributed by atoms with Crippen molar-refractivity contribution in [2.24, 2.45) is 22.7 Å². The lowest BCUT2D eigenvalue weighted by Gasteiger charge is -2.53. The predicted molar refractivity (Wildman–Crippen MR) is 110 cm³/mol. The Hall–Kier alpha value is -1.39. The third kappa shape index (κ3) is 3.39. The fraction of sp³-hybridized carbons (Fsp3) is 0.708. The summed E-state index contributed by atoms with van der Waals surface area (Å²) in [7, 11) is 1.65. The number of methoxy groups -OCH3 is 1. The van der Waals surface area contributed by atoms with E-state index in [2.05, 4.69) is 49.5 Å². The lowest BCUT2D eigenvalue weighted by Crippen LogP contribution is -2.60. The Bertz CT molecular complexity index is 688. The smallest absolute Gasteiger partial charge is 0.222 e. The van der Waals surface area contributed by atoms with Crippen molar-refractivity contribution in [3.05, 3.63) is 35.9 Å². The molecule has 154 valence electrons. The van der Waals surface area contributed by atoms with Gasteiger partial charge in [0.1, 0.15) is 0 Å². The second-order valence-corrected chi connectivity index (χ2v) is 9.72. The van der Waals surface area contributed by atoms with Gasteiger partial charge in [-0.15, -0.1) is 0 Å². The van der Waals surface area contributed by atoms with Gasteiger partial charge < -0.3 is 14.8 Å². The van der Waals surface area contributed by atoms with Crippen molar-refractivity contribution in [2.45, 2.75) is 64.5 Å². The van der Waals surface area contributed by atoms with Crippen molar-refractivity contribution in [1.82, 2.24) is 5.32 Å². The highest BCUT2D eigenvalue weighted by Crippen LogP contribution is 2.68. The Labute approximate surface area is 169 Å². The van der Waals surface area contributed by atoms with Crippen molar-refractivity contribution in [3.63, 3.8) is 0 Å². The Kier molecular flexibility index (Phi) is 5.54. The first kappa shape index (κ1) is 19.9. The van der Waals surface area contributed by atoms with Crippen LogP contribution >= 0.6 is 0 Å². The van der Waals surface area contributed by atoms with Crippen LogP contribution in [0.5, 0.6) is 0 Å². The van der Waals surface area contributed by atoms with Crippen LogP contribution in [0.3, 0.4) is 0 Å². The highest BCUT2D eigenvalue weighted by molar-refractivity contribution is 5.76. The molecule has 0 aromatic heterocycles. The van der Waals surface area contributed by atoms with E-state index in [0.717, 1.165) is 25.9 Å². The number of carbonyl (C=O) groups is 1. The van der Waals surface area contributed by atoms with Crippen molar-refractivity contribution in [3.8, 4) is 0 Å². The summed E-state index contributed by atoms with van der Waals surface area (Å²) in [5.41, 5.74) is 1.75. The minimum Gasteiger partial charge on any atom is -0.384 e. The van der Waals surface area contributed by atoms with Gasteiger partial charge >= 0.3 is 0 Å². The van der Waals surface area contributed by atoms with Crippen molar-refractivity contribution in [1.29, 1.82) is 0 Å². The summed E-state index contributed by atoms with van der Waals surface area (Å²) in [6.45, 7) is 6.03. The van der Waals surface area contributed by atoms with E-state index >= 15 is 0 Å². The van der Waals surface area contributed by atoms with E-state index in [1.165, 1.54) is 18.4 Å². The minimum atomic E-state index is 0.132. The summed E-state index contributed by atoms with van der Waals surface area (Å²) >= 11 is 0. The third-order valence-corrected chi connectivity index (χ3v) is 8.02. The summed E-state index contributed by atoms with van der Waals surface area (Å²) in [6.07, 6.45) is 6.47. The van der Waals surface area contributed by atoms with Gasteiger partial charge in [-0.25, -0.2) is 0 Å². The molecule has 3 aliphatic rings. The zero-order valence-electron chi connectivity index (χ0n) is 17.6. The third-order valence-electron chi connectivity index (χ3n) is 8.02. The molecule has 1 aliphatic heterocycles. The van der Waals surface area contributed by atoms with Crippen LogP contribution in [0, 0.1) is 22.7 Å². The molecule has 2 aliphatic carbocycles. The molecule has 1 saturated heterocycles. The number of aryl methyl sites for hydroxylation is 1. The highest BCUT2D eigenvalue weighted by Gasteiger charge is 2.68. The van der Waals surface area contributed by atoms with E-state index in [-0.39, 0.29) is 22.8 Å². The molecule has 0 radical (unpaired) electrons. The molecular formula is C24H35NO3. The van der Waals surface area contributed by atoms with Gasteiger partial charge in [0.2, 0.25) is 5.91 Å². The van der Waals surface area contributed by atoms with Crippen LogP contribution in [0.2, 0.25) is 0 Å². The lowest BCUT2D eigenvalue weighted by molar-refractivity contribution is -0.137. The maximum absolute atomic E-state index is 12.6. The predicted octanol–water partition coefficient (Wildman–Crippen LogP) is 3.98. The number of fused-ring (bicyclic) bond motifs is 1. The quantitative estimate of drug-likeness (QED) is 0.772. The zero-order valence-corrected chi connectivity index (χ0v) is 17.6. The van der Waals surface area contributed by atoms with Gasteiger partial charge in [-0.1, -0.05) is 44.2 Å². The summed E-state index contributed by atoms with van der Waals surface area (Å²) in [4.78, 5) is 12.6. The average molecular weight is 386 g/mol. The average Bonchev–Trinajstić information content (AvgIpc) is 3.18. The topological polar surface area (TPSA) is 47.6 Å².